The van der Waals surface area contributed by atoms with Crippen LogP contribution in [0.25, 0.3) is 0 Å². The summed E-state index contributed by atoms with van der Waals surface area (Å²) in [6.07, 6.45) is 12.9. The molecule has 0 N–H and O–H groups in total. The Hall–Kier alpha value is -1.89. The SMILES string of the molecule is CCCC1C=C(C)C(C2=CC(c3ccccc3)N=C2)=CC1. The lowest BCUT2D eigenvalue weighted by Crippen LogP contribution is -2.04. The first-order valence-electron chi connectivity index (χ1n) is 7.97. The maximum Gasteiger partial charge on any atom is 0.0940 e. The molecular weight excluding hydrogens is 254 g/mol. The van der Waals surface area contributed by atoms with Gasteiger partial charge in [0, 0.05) is 6.21 Å². The predicted octanol–water partition coefficient (Wildman–Crippen LogP) is 5.43. The van der Waals surface area contributed by atoms with Gasteiger partial charge in [-0.2, -0.15) is 0 Å². The van der Waals surface area contributed by atoms with E-state index < -0.39 is 0 Å². The molecule has 1 heterocycles. The number of nitrogens with zero attached hydrogens (tertiary/aromatic N) is 1. The molecule has 1 aromatic rings. The van der Waals surface area contributed by atoms with E-state index in [9.17, 15) is 0 Å². The van der Waals surface area contributed by atoms with Crippen molar-refractivity contribution in [3.05, 3.63) is 70.8 Å². The lowest BCUT2D eigenvalue weighted by Gasteiger charge is -2.19. The zero-order valence-corrected chi connectivity index (χ0v) is 12.9. The van der Waals surface area contributed by atoms with Crippen molar-refractivity contribution >= 4 is 6.21 Å². The van der Waals surface area contributed by atoms with Crippen LogP contribution >= 0.6 is 0 Å². The van der Waals surface area contributed by atoms with E-state index in [1.165, 1.54) is 41.5 Å². The number of benzene rings is 1. The molecule has 0 bridgehead atoms. The fourth-order valence-electron chi connectivity index (χ4n) is 3.27. The van der Waals surface area contributed by atoms with Crippen molar-refractivity contribution in [3.8, 4) is 0 Å². The molecule has 0 fully saturated rings. The van der Waals surface area contributed by atoms with Crippen LogP contribution in [0.4, 0.5) is 0 Å². The summed E-state index contributed by atoms with van der Waals surface area (Å²) in [6.45, 7) is 4.50. The van der Waals surface area contributed by atoms with E-state index in [0.717, 1.165) is 5.92 Å². The Morgan fingerprint density at radius 2 is 1.95 bits per heavy atom. The van der Waals surface area contributed by atoms with Crippen LogP contribution in [0.15, 0.2) is 70.3 Å². The minimum Gasteiger partial charge on any atom is -0.280 e. The number of aliphatic imine (C=N–C) groups is 1. The Labute approximate surface area is 127 Å². The summed E-state index contributed by atoms with van der Waals surface area (Å²) in [4.78, 5) is 4.67. The van der Waals surface area contributed by atoms with Gasteiger partial charge in [-0.3, -0.25) is 4.99 Å². The highest BCUT2D eigenvalue weighted by Gasteiger charge is 2.19. The van der Waals surface area contributed by atoms with Crippen LogP contribution in [0.5, 0.6) is 0 Å². The summed E-state index contributed by atoms with van der Waals surface area (Å²) in [5, 5.41) is 0. The Kier molecular flexibility index (Phi) is 4.19. The van der Waals surface area contributed by atoms with E-state index in [2.05, 4.69) is 67.4 Å². The molecule has 3 rings (SSSR count). The van der Waals surface area contributed by atoms with E-state index >= 15 is 0 Å². The fourth-order valence-corrected chi connectivity index (χ4v) is 3.27. The molecule has 108 valence electrons. The molecule has 0 amide bonds. The zero-order valence-electron chi connectivity index (χ0n) is 12.9. The molecule has 2 atom stereocenters. The van der Waals surface area contributed by atoms with E-state index in [-0.39, 0.29) is 6.04 Å². The first-order valence-corrected chi connectivity index (χ1v) is 7.97. The number of allylic oxidation sites excluding steroid dienone is 5. The summed E-state index contributed by atoms with van der Waals surface area (Å²) < 4.78 is 0. The van der Waals surface area contributed by atoms with Gasteiger partial charge >= 0.3 is 0 Å². The van der Waals surface area contributed by atoms with E-state index in [1.807, 2.05) is 6.21 Å². The van der Waals surface area contributed by atoms with E-state index in [4.69, 9.17) is 0 Å². The Balaban J connectivity index is 1.78. The fraction of sp³-hybridized carbons (Fsp3) is 0.350. The van der Waals surface area contributed by atoms with Gasteiger partial charge in [-0.1, -0.05) is 55.8 Å². The molecular formula is C20H23N. The normalized spacial score (nSPS) is 24.6. The number of hydrogen-bond donors (Lipinski definition) is 0. The molecule has 2 unspecified atom stereocenters. The molecule has 1 aliphatic heterocycles. The molecule has 2 aliphatic rings. The molecule has 1 aromatic carbocycles. The molecule has 21 heavy (non-hydrogen) atoms. The van der Waals surface area contributed by atoms with Crippen molar-refractivity contribution in [1.29, 1.82) is 0 Å². The van der Waals surface area contributed by atoms with Gasteiger partial charge in [0.15, 0.2) is 0 Å². The summed E-state index contributed by atoms with van der Waals surface area (Å²) in [6, 6.07) is 10.7. The molecule has 0 radical (unpaired) electrons. The Morgan fingerprint density at radius 1 is 1.14 bits per heavy atom. The largest absolute Gasteiger partial charge is 0.280 e. The second kappa shape index (κ2) is 6.26. The van der Waals surface area contributed by atoms with Crippen molar-refractivity contribution in [2.45, 2.75) is 39.2 Å². The second-order valence-electron chi connectivity index (χ2n) is 6.01. The molecule has 0 saturated carbocycles. The van der Waals surface area contributed by atoms with Gasteiger partial charge in [0.2, 0.25) is 0 Å². The van der Waals surface area contributed by atoms with Gasteiger partial charge in [0.1, 0.15) is 0 Å². The van der Waals surface area contributed by atoms with Crippen molar-refractivity contribution in [2.24, 2.45) is 10.9 Å². The standard InChI is InChI=1S/C20H23N/c1-3-7-16-10-11-19(15(2)12-16)18-13-20(21-14-18)17-8-5-4-6-9-17/h4-6,8-9,11-14,16,20H,3,7,10H2,1-2H3. The predicted molar refractivity (Wildman–Crippen MR) is 90.6 cm³/mol. The van der Waals surface area contributed by atoms with Crippen molar-refractivity contribution in [3.63, 3.8) is 0 Å². The molecule has 1 nitrogen and oxygen atoms in total. The highest BCUT2D eigenvalue weighted by molar-refractivity contribution is 5.89. The average molecular weight is 277 g/mol. The first-order chi connectivity index (χ1) is 10.3. The number of hydrogen-bond acceptors (Lipinski definition) is 1. The third-order valence-electron chi connectivity index (χ3n) is 4.36. The van der Waals surface area contributed by atoms with Crippen molar-refractivity contribution in [1.82, 2.24) is 0 Å². The topological polar surface area (TPSA) is 12.4 Å². The van der Waals surface area contributed by atoms with Gasteiger partial charge in [-0.15, -0.1) is 0 Å². The van der Waals surface area contributed by atoms with Gasteiger partial charge in [-0.05, 0) is 54.0 Å². The summed E-state index contributed by atoms with van der Waals surface area (Å²) in [5.41, 5.74) is 5.34. The molecule has 0 saturated heterocycles. The molecule has 1 heteroatoms. The van der Waals surface area contributed by atoms with E-state index in [1.54, 1.807) is 0 Å². The Morgan fingerprint density at radius 3 is 2.67 bits per heavy atom. The Bertz CT molecular complexity index is 616. The second-order valence-corrected chi connectivity index (χ2v) is 6.01. The van der Waals surface area contributed by atoms with Crippen LogP contribution in [0.2, 0.25) is 0 Å². The quantitative estimate of drug-likeness (QED) is 0.695. The third-order valence-corrected chi connectivity index (χ3v) is 4.36. The summed E-state index contributed by atoms with van der Waals surface area (Å²) in [5.74, 6) is 0.725. The van der Waals surface area contributed by atoms with Crippen LogP contribution in [0, 0.1) is 5.92 Å². The minimum atomic E-state index is 0.184. The third kappa shape index (κ3) is 3.07. The lowest BCUT2D eigenvalue weighted by atomic mass is 9.85. The molecule has 1 aliphatic carbocycles. The number of rotatable bonds is 4. The highest BCUT2D eigenvalue weighted by atomic mass is 14.8. The minimum absolute atomic E-state index is 0.184. The maximum absolute atomic E-state index is 4.67. The van der Waals surface area contributed by atoms with Gasteiger partial charge < -0.3 is 0 Å². The highest BCUT2D eigenvalue weighted by Crippen LogP contribution is 2.34. The van der Waals surface area contributed by atoms with Gasteiger partial charge in [0.05, 0.1) is 6.04 Å². The average Bonchev–Trinajstić information content (AvgIpc) is 2.98. The van der Waals surface area contributed by atoms with Crippen LogP contribution in [0.3, 0.4) is 0 Å². The first kappa shape index (κ1) is 14.1. The summed E-state index contributed by atoms with van der Waals surface area (Å²) in [7, 11) is 0. The zero-order chi connectivity index (χ0) is 14.7. The van der Waals surface area contributed by atoms with Crippen molar-refractivity contribution in [2.75, 3.05) is 0 Å². The molecule has 0 aromatic heterocycles. The van der Waals surface area contributed by atoms with Crippen LogP contribution in [0.1, 0.15) is 44.7 Å². The van der Waals surface area contributed by atoms with Gasteiger partial charge in [0.25, 0.3) is 0 Å². The van der Waals surface area contributed by atoms with Gasteiger partial charge in [-0.25, -0.2) is 0 Å². The van der Waals surface area contributed by atoms with Crippen LogP contribution < -0.4 is 0 Å². The van der Waals surface area contributed by atoms with Crippen LogP contribution in [-0.2, 0) is 0 Å². The maximum atomic E-state index is 4.67. The summed E-state index contributed by atoms with van der Waals surface area (Å²) >= 11 is 0. The molecule has 0 spiro atoms. The van der Waals surface area contributed by atoms with E-state index in [0.29, 0.717) is 0 Å². The monoisotopic (exact) mass is 277 g/mol. The van der Waals surface area contributed by atoms with Crippen molar-refractivity contribution < 1.29 is 0 Å². The van der Waals surface area contributed by atoms with Crippen LogP contribution in [-0.4, -0.2) is 6.21 Å². The smallest absolute Gasteiger partial charge is 0.0940 e. The lowest BCUT2D eigenvalue weighted by molar-refractivity contribution is 0.578.